The van der Waals surface area contributed by atoms with E-state index in [1.807, 2.05) is 19.9 Å². The van der Waals surface area contributed by atoms with Gasteiger partial charge in [-0.2, -0.15) is 0 Å². The number of carbonyl (C=O) groups excluding carboxylic acids is 1. The molecule has 0 aliphatic heterocycles. The summed E-state index contributed by atoms with van der Waals surface area (Å²) < 4.78 is 10.5. The molecule has 3 N–H and O–H groups in total. The third kappa shape index (κ3) is 4.93. The van der Waals surface area contributed by atoms with Crippen LogP contribution >= 0.6 is 0 Å². The number of carbonyl (C=O) groups is 1. The maximum atomic E-state index is 12.7. The molecule has 0 atom stereocenters. The molecule has 0 saturated carbocycles. The Morgan fingerprint density at radius 1 is 1.03 bits per heavy atom. The van der Waals surface area contributed by atoms with Gasteiger partial charge < -0.3 is 25.1 Å². The van der Waals surface area contributed by atoms with Crippen molar-refractivity contribution in [2.75, 3.05) is 29.6 Å². The number of ether oxygens (including phenoxy) is 1. The second-order valence-corrected chi connectivity index (χ2v) is 7.20. The van der Waals surface area contributed by atoms with Crippen molar-refractivity contribution in [2.24, 2.45) is 0 Å². The minimum Gasteiger partial charge on any atom is -0.493 e. The van der Waals surface area contributed by atoms with E-state index in [-0.39, 0.29) is 5.56 Å². The van der Waals surface area contributed by atoms with E-state index in [2.05, 4.69) is 25.9 Å². The van der Waals surface area contributed by atoms with Crippen molar-refractivity contribution in [3.05, 3.63) is 76.4 Å². The van der Waals surface area contributed by atoms with E-state index in [4.69, 9.17) is 9.15 Å². The molecule has 0 bridgehead atoms. The van der Waals surface area contributed by atoms with Crippen molar-refractivity contribution in [3.63, 3.8) is 0 Å². The van der Waals surface area contributed by atoms with Gasteiger partial charge in [0, 0.05) is 29.4 Å². The molecule has 9 nitrogen and oxygen atoms in total. The minimum atomic E-state index is -0.738. The number of hydrogen-bond donors (Lipinski definition) is 3. The first-order valence-electron chi connectivity index (χ1n) is 10.4. The molecule has 0 aliphatic carbocycles. The number of nitrogens with zero attached hydrogens (tertiary/aromatic N) is 2. The molecule has 0 spiro atoms. The first-order chi connectivity index (χ1) is 16.0. The first kappa shape index (κ1) is 21.8. The fourth-order valence-corrected chi connectivity index (χ4v) is 3.32. The lowest BCUT2D eigenvalue weighted by molar-refractivity contribution is 0.102. The molecule has 33 heavy (non-hydrogen) atoms. The number of fused-ring (bicyclic) bond motifs is 1. The van der Waals surface area contributed by atoms with Crippen molar-refractivity contribution < 1.29 is 13.9 Å². The molecule has 168 valence electrons. The van der Waals surface area contributed by atoms with Gasteiger partial charge in [0.05, 0.1) is 7.11 Å². The Hall–Kier alpha value is -4.40. The van der Waals surface area contributed by atoms with Crippen LogP contribution in [-0.2, 0) is 0 Å². The van der Waals surface area contributed by atoms with E-state index in [9.17, 15) is 9.59 Å². The predicted molar refractivity (Wildman–Crippen MR) is 128 cm³/mol. The number of para-hydroxylation sites is 1. The lowest BCUT2D eigenvalue weighted by atomic mass is 10.1. The standard InChI is InChI=1S/C24H23N5O4/c1-4-25-20-13-21(27-14(2)26-20)28-16-8-10-17(11-9-16)29-23(30)18-12-15-6-5-7-19(32-3)22(15)33-24(18)31/h5-13H,4H2,1-3H3,(H,29,30)(H2,25,26,27,28). The quantitative estimate of drug-likeness (QED) is 0.360. The maximum absolute atomic E-state index is 12.7. The number of benzene rings is 2. The number of hydrogen-bond acceptors (Lipinski definition) is 8. The van der Waals surface area contributed by atoms with Gasteiger partial charge in [-0.3, -0.25) is 4.79 Å². The second kappa shape index (κ2) is 9.39. The van der Waals surface area contributed by atoms with Gasteiger partial charge in [0.2, 0.25) is 0 Å². The zero-order valence-corrected chi connectivity index (χ0v) is 18.4. The molecule has 0 radical (unpaired) electrons. The number of anilines is 4. The smallest absolute Gasteiger partial charge is 0.349 e. The van der Waals surface area contributed by atoms with Crippen LogP contribution < -0.4 is 26.3 Å². The molecule has 2 heterocycles. The SMILES string of the molecule is CCNc1cc(Nc2ccc(NC(=O)c3cc4cccc(OC)c4oc3=O)cc2)nc(C)n1. The Kier molecular flexibility index (Phi) is 6.21. The summed E-state index contributed by atoms with van der Waals surface area (Å²) >= 11 is 0. The molecule has 9 heteroatoms. The Labute approximate surface area is 189 Å². The van der Waals surface area contributed by atoms with Crippen molar-refractivity contribution >= 4 is 39.9 Å². The number of aromatic nitrogens is 2. The van der Waals surface area contributed by atoms with Crippen LogP contribution in [0.4, 0.5) is 23.0 Å². The third-order valence-corrected chi connectivity index (χ3v) is 4.80. The van der Waals surface area contributed by atoms with E-state index in [0.717, 1.165) is 18.1 Å². The summed E-state index contributed by atoms with van der Waals surface area (Å²) in [6, 6.07) is 15.6. The Balaban J connectivity index is 1.50. The van der Waals surface area contributed by atoms with Gasteiger partial charge in [0.25, 0.3) is 5.91 Å². The van der Waals surface area contributed by atoms with E-state index in [1.54, 1.807) is 42.5 Å². The van der Waals surface area contributed by atoms with E-state index >= 15 is 0 Å². The highest BCUT2D eigenvalue weighted by molar-refractivity contribution is 6.05. The van der Waals surface area contributed by atoms with Gasteiger partial charge in [0.1, 0.15) is 23.0 Å². The topological polar surface area (TPSA) is 118 Å². The average Bonchev–Trinajstić information content (AvgIpc) is 2.79. The Morgan fingerprint density at radius 2 is 1.76 bits per heavy atom. The number of amides is 1. The molecule has 0 fully saturated rings. The number of nitrogens with one attached hydrogen (secondary N) is 3. The largest absolute Gasteiger partial charge is 0.493 e. The summed E-state index contributed by atoms with van der Waals surface area (Å²) in [4.78, 5) is 33.8. The highest BCUT2D eigenvalue weighted by Crippen LogP contribution is 2.25. The Morgan fingerprint density at radius 3 is 2.48 bits per heavy atom. The van der Waals surface area contributed by atoms with Crippen LogP contribution in [0.1, 0.15) is 23.1 Å². The molecule has 2 aromatic carbocycles. The van der Waals surface area contributed by atoms with Crippen LogP contribution in [-0.4, -0.2) is 29.5 Å². The first-order valence-corrected chi connectivity index (χ1v) is 10.4. The van der Waals surface area contributed by atoms with Crippen LogP contribution in [0.2, 0.25) is 0 Å². The summed E-state index contributed by atoms with van der Waals surface area (Å²) in [6.07, 6.45) is 0. The maximum Gasteiger partial charge on any atom is 0.349 e. The Bertz CT molecular complexity index is 1370. The minimum absolute atomic E-state index is 0.0923. The van der Waals surface area contributed by atoms with Gasteiger partial charge in [-0.1, -0.05) is 12.1 Å². The highest BCUT2D eigenvalue weighted by atomic mass is 16.5. The fourth-order valence-electron chi connectivity index (χ4n) is 3.32. The molecule has 2 aromatic heterocycles. The molecule has 0 unspecified atom stereocenters. The van der Waals surface area contributed by atoms with Gasteiger partial charge in [0.15, 0.2) is 11.3 Å². The highest BCUT2D eigenvalue weighted by Gasteiger charge is 2.16. The van der Waals surface area contributed by atoms with Crippen molar-refractivity contribution in [3.8, 4) is 5.75 Å². The van der Waals surface area contributed by atoms with Crippen molar-refractivity contribution in [1.29, 1.82) is 0 Å². The monoisotopic (exact) mass is 445 g/mol. The molecule has 0 aliphatic rings. The van der Waals surface area contributed by atoms with Crippen LogP contribution in [0.15, 0.2) is 63.8 Å². The summed E-state index contributed by atoms with van der Waals surface area (Å²) in [5.74, 6) is 1.90. The van der Waals surface area contributed by atoms with Crippen LogP contribution in [0.3, 0.4) is 0 Å². The summed E-state index contributed by atoms with van der Waals surface area (Å²) in [7, 11) is 1.49. The van der Waals surface area contributed by atoms with Gasteiger partial charge in [-0.25, -0.2) is 14.8 Å². The zero-order chi connectivity index (χ0) is 23.4. The molecule has 1 amide bonds. The number of aryl methyl sites for hydroxylation is 1. The lowest BCUT2D eigenvalue weighted by Gasteiger charge is -2.10. The summed E-state index contributed by atoms with van der Waals surface area (Å²) in [6.45, 7) is 4.58. The van der Waals surface area contributed by atoms with Gasteiger partial charge in [-0.15, -0.1) is 0 Å². The van der Waals surface area contributed by atoms with Crippen molar-refractivity contribution in [1.82, 2.24) is 9.97 Å². The second-order valence-electron chi connectivity index (χ2n) is 7.20. The molecule has 4 rings (SSSR count). The summed E-state index contributed by atoms with van der Waals surface area (Å²) in [5.41, 5.74) is 0.784. The van der Waals surface area contributed by atoms with Crippen molar-refractivity contribution in [2.45, 2.75) is 13.8 Å². The predicted octanol–water partition coefficient (Wildman–Crippen LogP) is 4.33. The summed E-state index contributed by atoms with van der Waals surface area (Å²) in [5, 5.41) is 9.70. The van der Waals surface area contributed by atoms with Gasteiger partial charge in [-0.05, 0) is 50.2 Å². The normalized spacial score (nSPS) is 10.6. The van der Waals surface area contributed by atoms with E-state index in [1.165, 1.54) is 13.2 Å². The molecule has 4 aromatic rings. The van der Waals surface area contributed by atoms with Crippen LogP contribution in [0.5, 0.6) is 5.75 Å². The number of rotatable bonds is 7. The fraction of sp³-hybridized carbons (Fsp3) is 0.167. The third-order valence-electron chi connectivity index (χ3n) is 4.80. The lowest BCUT2D eigenvalue weighted by Crippen LogP contribution is -2.20. The van der Waals surface area contributed by atoms with Crippen LogP contribution in [0, 0.1) is 6.92 Å². The van der Waals surface area contributed by atoms with E-state index in [0.29, 0.717) is 34.0 Å². The van der Waals surface area contributed by atoms with Gasteiger partial charge >= 0.3 is 5.63 Å². The number of methoxy groups -OCH3 is 1. The van der Waals surface area contributed by atoms with E-state index < -0.39 is 11.5 Å². The average molecular weight is 445 g/mol. The molecular weight excluding hydrogens is 422 g/mol. The molecule has 0 saturated heterocycles. The zero-order valence-electron chi connectivity index (χ0n) is 18.4. The van der Waals surface area contributed by atoms with Crippen LogP contribution in [0.25, 0.3) is 11.0 Å². The molecular formula is C24H23N5O4.